The molecule has 0 atom stereocenters. The van der Waals surface area contributed by atoms with Crippen LogP contribution in [0.25, 0.3) is 0 Å². The van der Waals surface area contributed by atoms with Gasteiger partial charge in [-0.15, -0.1) is 0 Å². The van der Waals surface area contributed by atoms with Crippen molar-refractivity contribution in [3.63, 3.8) is 0 Å². The van der Waals surface area contributed by atoms with Crippen molar-refractivity contribution in [2.75, 3.05) is 0 Å². The highest BCUT2D eigenvalue weighted by Gasteiger charge is 1.85. The molecule has 0 radical (unpaired) electrons. The maximum absolute atomic E-state index is 3.61. The number of rotatable bonds is 8. The van der Waals surface area contributed by atoms with Gasteiger partial charge in [-0.1, -0.05) is 69.6 Å². The first-order valence-corrected chi connectivity index (χ1v) is 5.36. The second-order valence-corrected chi connectivity index (χ2v) is 3.25. The maximum Gasteiger partial charge on any atom is -0.0348 e. The van der Waals surface area contributed by atoms with Crippen molar-refractivity contribution in [1.29, 1.82) is 0 Å². The van der Waals surface area contributed by atoms with Crippen LogP contribution >= 0.6 is 0 Å². The van der Waals surface area contributed by atoms with Gasteiger partial charge in [0.25, 0.3) is 0 Å². The summed E-state index contributed by atoms with van der Waals surface area (Å²) in [6.07, 6.45) is 18.1. The Morgan fingerprint density at radius 3 is 2.38 bits per heavy atom. The predicted octanol–water partition coefficient (Wildman–Crippen LogP) is 4.65. The van der Waals surface area contributed by atoms with Gasteiger partial charge < -0.3 is 0 Å². The summed E-state index contributed by atoms with van der Waals surface area (Å²) in [6.45, 7) is 5.86. The fourth-order valence-electron chi connectivity index (χ4n) is 1.18. The predicted molar refractivity (Wildman–Crippen MR) is 61.9 cm³/mol. The molecule has 0 fully saturated rings. The van der Waals surface area contributed by atoms with Crippen LogP contribution in [0, 0.1) is 0 Å². The van der Waals surface area contributed by atoms with Gasteiger partial charge in [0.2, 0.25) is 0 Å². The van der Waals surface area contributed by atoms with Crippen LogP contribution in [0.2, 0.25) is 0 Å². The van der Waals surface area contributed by atoms with Crippen molar-refractivity contribution in [2.24, 2.45) is 0 Å². The van der Waals surface area contributed by atoms with E-state index in [4.69, 9.17) is 0 Å². The first-order chi connectivity index (χ1) is 6.41. The summed E-state index contributed by atoms with van der Waals surface area (Å²) in [6, 6.07) is 0. The van der Waals surface area contributed by atoms with Crippen LogP contribution in [-0.4, -0.2) is 0 Å². The molecule has 0 spiro atoms. The minimum absolute atomic E-state index is 1.21. The van der Waals surface area contributed by atoms with E-state index < -0.39 is 0 Å². The van der Waals surface area contributed by atoms with E-state index in [2.05, 4.69) is 25.7 Å². The van der Waals surface area contributed by atoms with Crippen LogP contribution in [0.5, 0.6) is 0 Å². The Balaban J connectivity index is 3.10. The summed E-state index contributed by atoms with van der Waals surface area (Å²) < 4.78 is 0. The summed E-state index contributed by atoms with van der Waals surface area (Å²) in [5.74, 6) is 0. The minimum atomic E-state index is 1.21. The summed E-state index contributed by atoms with van der Waals surface area (Å²) in [4.78, 5) is 0. The molecule has 0 heteroatoms. The molecule has 13 heavy (non-hydrogen) atoms. The second-order valence-electron chi connectivity index (χ2n) is 3.25. The van der Waals surface area contributed by atoms with Gasteiger partial charge in [0.15, 0.2) is 0 Å². The maximum atomic E-state index is 3.61. The van der Waals surface area contributed by atoms with Crippen LogP contribution in [0.4, 0.5) is 0 Å². The van der Waals surface area contributed by atoms with Gasteiger partial charge in [-0.3, -0.25) is 0 Å². The Morgan fingerprint density at radius 1 is 0.923 bits per heavy atom. The highest BCUT2D eigenvalue weighted by atomic mass is 13.9. The van der Waals surface area contributed by atoms with Gasteiger partial charge in [0.05, 0.1) is 0 Å². The van der Waals surface area contributed by atoms with Crippen molar-refractivity contribution >= 4 is 0 Å². The van der Waals surface area contributed by atoms with Crippen LogP contribution < -0.4 is 0 Å². The summed E-state index contributed by atoms with van der Waals surface area (Å²) in [5.41, 5.74) is 0. The molecule has 0 rings (SSSR count). The summed E-state index contributed by atoms with van der Waals surface area (Å²) in [7, 11) is 0. The molecular weight excluding hydrogens is 156 g/mol. The first-order valence-electron chi connectivity index (χ1n) is 5.36. The third-order valence-electron chi connectivity index (χ3n) is 1.97. The number of hydrogen-bond acceptors (Lipinski definition) is 0. The van der Waals surface area contributed by atoms with E-state index in [1.165, 1.54) is 38.5 Å². The largest absolute Gasteiger partial charge is 0.0991 e. The normalized spacial score (nSPS) is 11.5. The Labute approximate surface area is 83.0 Å². The molecule has 0 aliphatic carbocycles. The lowest BCUT2D eigenvalue weighted by Crippen LogP contribution is -1.75. The smallest absolute Gasteiger partial charge is 0.0348 e. The molecule has 0 saturated carbocycles. The SMILES string of the molecule is C=C/C=C\C=CCCCCCCC. The van der Waals surface area contributed by atoms with Crippen LogP contribution in [0.15, 0.2) is 37.0 Å². The van der Waals surface area contributed by atoms with E-state index in [0.29, 0.717) is 0 Å². The molecule has 0 bridgehead atoms. The third kappa shape index (κ3) is 11.2. The van der Waals surface area contributed by atoms with E-state index in [-0.39, 0.29) is 0 Å². The molecule has 0 saturated heterocycles. The number of allylic oxidation sites excluding steroid dienone is 5. The van der Waals surface area contributed by atoms with Crippen LogP contribution in [0.1, 0.15) is 45.4 Å². The fraction of sp³-hybridized carbons (Fsp3) is 0.538. The number of unbranched alkanes of at least 4 members (excludes halogenated alkanes) is 5. The molecule has 0 aromatic rings. The number of hydrogen-bond donors (Lipinski definition) is 0. The average Bonchev–Trinajstić information content (AvgIpc) is 2.16. The molecule has 0 aromatic heterocycles. The molecule has 0 N–H and O–H groups in total. The highest BCUT2D eigenvalue weighted by molar-refractivity contribution is 5.08. The summed E-state index contributed by atoms with van der Waals surface area (Å²) >= 11 is 0. The van der Waals surface area contributed by atoms with E-state index in [1.54, 1.807) is 6.08 Å². The first kappa shape index (κ1) is 12.2. The Kier molecular flexibility index (Phi) is 10.5. The van der Waals surface area contributed by atoms with E-state index >= 15 is 0 Å². The Morgan fingerprint density at radius 2 is 1.69 bits per heavy atom. The zero-order valence-corrected chi connectivity index (χ0v) is 8.84. The monoisotopic (exact) mass is 178 g/mol. The molecule has 0 aliphatic heterocycles. The molecule has 0 amide bonds. The van der Waals surface area contributed by atoms with Crippen LogP contribution in [0.3, 0.4) is 0 Å². The topological polar surface area (TPSA) is 0 Å². The van der Waals surface area contributed by atoms with Gasteiger partial charge in [-0.2, -0.15) is 0 Å². The second kappa shape index (κ2) is 11.2. The zero-order chi connectivity index (χ0) is 9.78. The van der Waals surface area contributed by atoms with Crippen LogP contribution in [-0.2, 0) is 0 Å². The standard InChI is InChI=1S/C13H22/c1-3-5-7-9-11-13-12-10-8-6-4-2/h3,5,7,9,11H,1,4,6,8,10,12-13H2,2H3/b7-5-,11-9?. The van der Waals surface area contributed by atoms with Gasteiger partial charge >= 0.3 is 0 Å². The zero-order valence-electron chi connectivity index (χ0n) is 8.84. The average molecular weight is 178 g/mol. The molecule has 74 valence electrons. The van der Waals surface area contributed by atoms with Gasteiger partial charge in [0.1, 0.15) is 0 Å². The van der Waals surface area contributed by atoms with E-state index in [0.717, 1.165) is 0 Å². The highest BCUT2D eigenvalue weighted by Crippen LogP contribution is 2.05. The lowest BCUT2D eigenvalue weighted by molar-refractivity contribution is 0.637. The van der Waals surface area contributed by atoms with Gasteiger partial charge in [-0.05, 0) is 12.8 Å². The molecule has 0 aromatic carbocycles. The lowest BCUT2D eigenvalue weighted by atomic mass is 10.1. The molecule has 0 aliphatic rings. The quantitative estimate of drug-likeness (QED) is 0.375. The van der Waals surface area contributed by atoms with Crippen molar-refractivity contribution in [3.8, 4) is 0 Å². The van der Waals surface area contributed by atoms with Crippen molar-refractivity contribution < 1.29 is 0 Å². The fourth-order valence-corrected chi connectivity index (χ4v) is 1.18. The minimum Gasteiger partial charge on any atom is -0.0991 e. The van der Waals surface area contributed by atoms with Crippen molar-refractivity contribution in [1.82, 2.24) is 0 Å². The van der Waals surface area contributed by atoms with Gasteiger partial charge in [-0.25, -0.2) is 0 Å². The Hall–Kier alpha value is -0.780. The molecular formula is C13H22. The molecule has 0 nitrogen and oxygen atoms in total. The van der Waals surface area contributed by atoms with E-state index in [9.17, 15) is 0 Å². The molecule has 0 heterocycles. The Bertz CT molecular complexity index is 151. The van der Waals surface area contributed by atoms with Gasteiger partial charge in [0, 0.05) is 0 Å². The summed E-state index contributed by atoms with van der Waals surface area (Å²) in [5, 5.41) is 0. The van der Waals surface area contributed by atoms with Crippen molar-refractivity contribution in [2.45, 2.75) is 45.4 Å². The molecule has 0 unspecified atom stereocenters. The lowest BCUT2D eigenvalue weighted by Gasteiger charge is -1.95. The van der Waals surface area contributed by atoms with Crippen molar-refractivity contribution in [3.05, 3.63) is 37.0 Å². The van der Waals surface area contributed by atoms with E-state index in [1.807, 2.05) is 12.2 Å². The third-order valence-corrected chi connectivity index (χ3v) is 1.97.